The lowest BCUT2D eigenvalue weighted by molar-refractivity contribution is 0.0944. The largest absolute Gasteiger partial charge is 0.490 e. The van der Waals surface area contributed by atoms with Gasteiger partial charge in [-0.3, -0.25) is 10.2 Å². The Morgan fingerprint density at radius 3 is 2.09 bits per heavy atom. The molecule has 0 fully saturated rings. The van der Waals surface area contributed by atoms with Crippen LogP contribution in [0.5, 0.6) is 28.7 Å². The number of carbonyl (C=O) groups excluding carboxylic acids is 1. The molecule has 0 aliphatic carbocycles. The second-order valence-corrected chi connectivity index (χ2v) is 8.15. The van der Waals surface area contributed by atoms with Gasteiger partial charge in [0.25, 0.3) is 15.9 Å². The molecule has 10 nitrogen and oxygen atoms in total. The maximum Gasteiger partial charge on any atom is 0.266 e. The molecular formula is C21H26N2O8S. The number of rotatable bonds is 10. The zero-order valence-corrected chi connectivity index (χ0v) is 18.9. The van der Waals surface area contributed by atoms with Gasteiger partial charge in [-0.15, -0.1) is 4.83 Å². The number of amides is 1. The summed E-state index contributed by atoms with van der Waals surface area (Å²) in [6.45, 7) is 7.18. The minimum absolute atomic E-state index is 0.0845. The Morgan fingerprint density at radius 2 is 1.50 bits per heavy atom. The van der Waals surface area contributed by atoms with E-state index in [0.717, 1.165) is 0 Å². The third-order valence-electron chi connectivity index (χ3n) is 4.29. The van der Waals surface area contributed by atoms with Gasteiger partial charge in [0, 0.05) is 11.6 Å². The fraction of sp³-hybridized carbons (Fsp3) is 0.381. The van der Waals surface area contributed by atoms with Crippen LogP contribution in [0.2, 0.25) is 0 Å². The number of benzene rings is 2. The third kappa shape index (κ3) is 5.35. The molecule has 1 heterocycles. The van der Waals surface area contributed by atoms with E-state index >= 15 is 0 Å². The summed E-state index contributed by atoms with van der Waals surface area (Å²) in [5.41, 5.74) is 2.34. The molecule has 0 radical (unpaired) electrons. The lowest BCUT2D eigenvalue weighted by Crippen LogP contribution is -2.41. The molecule has 2 N–H and O–H groups in total. The van der Waals surface area contributed by atoms with E-state index in [1.165, 1.54) is 30.3 Å². The Labute approximate surface area is 186 Å². The predicted octanol–water partition coefficient (Wildman–Crippen LogP) is 2.28. The van der Waals surface area contributed by atoms with Gasteiger partial charge in [-0.05, 0) is 45.0 Å². The minimum Gasteiger partial charge on any atom is -0.490 e. The molecule has 11 heteroatoms. The molecule has 1 aliphatic heterocycles. The quantitative estimate of drug-likeness (QED) is 0.512. The average molecular weight is 467 g/mol. The van der Waals surface area contributed by atoms with Crippen LogP contribution in [0.15, 0.2) is 35.2 Å². The highest BCUT2D eigenvalue weighted by Gasteiger charge is 2.22. The minimum atomic E-state index is -4.06. The van der Waals surface area contributed by atoms with Gasteiger partial charge in [0.05, 0.1) is 24.7 Å². The third-order valence-corrected chi connectivity index (χ3v) is 5.54. The second kappa shape index (κ2) is 10.4. The Morgan fingerprint density at radius 1 is 0.906 bits per heavy atom. The number of sulfonamides is 1. The van der Waals surface area contributed by atoms with Crippen LogP contribution in [0.4, 0.5) is 0 Å². The molecular weight excluding hydrogens is 440 g/mol. The van der Waals surface area contributed by atoms with Crippen LogP contribution < -0.4 is 33.9 Å². The highest BCUT2D eigenvalue weighted by atomic mass is 32.2. The normalized spacial score (nSPS) is 12.7. The van der Waals surface area contributed by atoms with Crippen molar-refractivity contribution in [2.75, 3.05) is 33.0 Å². The SMILES string of the molecule is CCOc1cc(C(=O)NNS(=O)(=O)c2ccc3c(c2)OCCO3)cc(OCC)c1OCC. The molecule has 0 saturated carbocycles. The first-order valence-electron chi connectivity index (χ1n) is 10.2. The van der Waals surface area contributed by atoms with E-state index in [-0.39, 0.29) is 10.5 Å². The molecule has 1 aliphatic rings. The van der Waals surface area contributed by atoms with Gasteiger partial charge in [-0.2, -0.15) is 0 Å². The lowest BCUT2D eigenvalue weighted by atomic mass is 10.1. The Hall–Kier alpha value is -3.18. The van der Waals surface area contributed by atoms with E-state index in [9.17, 15) is 13.2 Å². The number of hydrogen-bond donors (Lipinski definition) is 2. The van der Waals surface area contributed by atoms with Crippen molar-refractivity contribution in [1.29, 1.82) is 0 Å². The molecule has 2 aromatic rings. The zero-order valence-electron chi connectivity index (χ0n) is 18.1. The van der Waals surface area contributed by atoms with Crippen molar-refractivity contribution in [1.82, 2.24) is 10.3 Å². The maximum absolute atomic E-state index is 12.7. The van der Waals surface area contributed by atoms with Crippen LogP contribution >= 0.6 is 0 Å². The van der Waals surface area contributed by atoms with E-state index in [4.69, 9.17) is 23.7 Å². The van der Waals surface area contributed by atoms with Gasteiger partial charge in [0.15, 0.2) is 23.0 Å². The molecule has 174 valence electrons. The smallest absolute Gasteiger partial charge is 0.266 e. The maximum atomic E-state index is 12.7. The molecule has 0 spiro atoms. The van der Waals surface area contributed by atoms with Crippen LogP contribution in [0.1, 0.15) is 31.1 Å². The Bertz CT molecular complexity index is 1040. The summed E-state index contributed by atoms with van der Waals surface area (Å²) >= 11 is 0. The molecule has 32 heavy (non-hydrogen) atoms. The van der Waals surface area contributed by atoms with Gasteiger partial charge in [0.1, 0.15) is 13.2 Å². The average Bonchev–Trinajstić information content (AvgIpc) is 2.79. The molecule has 0 unspecified atom stereocenters. The van der Waals surface area contributed by atoms with Crippen molar-refractivity contribution in [3.63, 3.8) is 0 Å². The first kappa shape index (κ1) is 23.5. The summed E-state index contributed by atoms with van der Waals surface area (Å²) in [4.78, 5) is 14.7. The van der Waals surface area contributed by atoms with Crippen LogP contribution in [-0.4, -0.2) is 47.4 Å². The summed E-state index contributed by atoms with van der Waals surface area (Å²) in [5, 5.41) is 0. The van der Waals surface area contributed by atoms with Gasteiger partial charge in [-0.1, -0.05) is 0 Å². The van der Waals surface area contributed by atoms with Crippen LogP contribution in [0.25, 0.3) is 0 Å². The Kier molecular flexibility index (Phi) is 7.65. The Balaban J connectivity index is 1.80. The topological polar surface area (TPSA) is 121 Å². The molecule has 0 bridgehead atoms. The summed E-state index contributed by atoms with van der Waals surface area (Å²) in [5.74, 6) is 1.10. The first-order chi connectivity index (χ1) is 15.4. The predicted molar refractivity (Wildman–Crippen MR) is 115 cm³/mol. The molecule has 3 rings (SSSR count). The van der Waals surface area contributed by atoms with Crippen LogP contribution in [0, 0.1) is 0 Å². The van der Waals surface area contributed by atoms with Gasteiger partial charge in [0.2, 0.25) is 5.75 Å². The van der Waals surface area contributed by atoms with Crippen LogP contribution in [0.3, 0.4) is 0 Å². The van der Waals surface area contributed by atoms with E-state index < -0.39 is 15.9 Å². The van der Waals surface area contributed by atoms with E-state index in [2.05, 4.69) is 10.3 Å². The van der Waals surface area contributed by atoms with Gasteiger partial charge in [-0.25, -0.2) is 8.42 Å². The van der Waals surface area contributed by atoms with Crippen molar-refractivity contribution in [2.45, 2.75) is 25.7 Å². The molecule has 2 aromatic carbocycles. The molecule has 0 aromatic heterocycles. The van der Waals surface area contributed by atoms with Crippen molar-refractivity contribution in [2.24, 2.45) is 0 Å². The van der Waals surface area contributed by atoms with E-state index in [1.54, 1.807) is 13.8 Å². The monoisotopic (exact) mass is 466 g/mol. The van der Waals surface area contributed by atoms with E-state index in [1.807, 2.05) is 6.92 Å². The number of carbonyl (C=O) groups is 1. The summed E-state index contributed by atoms with van der Waals surface area (Å²) < 4.78 is 52.9. The van der Waals surface area contributed by atoms with Crippen molar-refractivity contribution < 1.29 is 36.9 Å². The standard InChI is InChI=1S/C21H26N2O8S/c1-4-27-18-11-14(12-19(28-5-2)20(18)29-6-3)21(24)22-23-32(25,26)15-7-8-16-17(13-15)31-10-9-30-16/h7-8,11-13,23H,4-6,9-10H2,1-3H3,(H,22,24). The van der Waals surface area contributed by atoms with Crippen molar-refractivity contribution in [3.8, 4) is 28.7 Å². The highest BCUT2D eigenvalue weighted by molar-refractivity contribution is 7.89. The van der Waals surface area contributed by atoms with Gasteiger partial charge < -0.3 is 23.7 Å². The molecule has 0 atom stereocenters. The number of fused-ring (bicyclic) bond motifs is 1. The number of hydrogen-bond acceptors (Lipinski definition) is 8. The van der Waals surface area contributed by atoms with Crippen molar-refractivity contribution in [3.05, 3.63) is 35.9 Å². The first-order valence-corrected chi connectivity index (χ1v) is 11.7. The zero-order chi connectivity index (χ0) is 23.1. The van der Waals surface area contributed by atoms with Gasteiger partial charge >= 0.3 is 0 Å². The van der Waals surface area contributed by atoms with E-state index in [0.29, 0.717) is 61.8 Å². The highest BCUT2D eigenvalue weighted by Crippen LogP contribution is 2.39. The number of ether oxygens (including phenoxy) is 5. The number of nitrogens with one attached hydrogen (secondary N) is 2. The summed E-state index contributed by atoms with van der Waals surface area (Å²) in [7, 11) is -4.06. The summed E-state index contributed by atoms with van der Waals surface area (Å²) in [6, 6.07) is 7.12. The molecule has 1 amide bonds. The molecule has 0 saturated heterocycles. The lowest BCUT2D eigenvalue weighted by Gasteiger charge is -2.19. The fourth-order valence-electron chi connectivity index (χ4n) is 2.96. The van der Waals surface area contributed by atoms with Crippen LogP contribution in [-0.2, 0) is 10.0 Å². The summed E-state index contributed by atoms with van der Waals surface area (Å²) in [6.07, 6.45) is 0. The van der Waals surface area contributed by atoms with Crippen molar-refractivity contribution >= 4 is 15.9 Å². The number of hydrazine groups is 1. The fourth-order valence-corrected chi connectivity index (χ4v) is 3.81. The second-order valence-electron chi connectivity index (χ2n) is 6.47.